The summed E-state index contributed by atoms with van der Waals surface area (Å²) in [6, 6.07) is 20.4. The highest BCUT2D eigenvalue weighted by Gasteiger charge is 2.13. The number of rotatable bonds is 7. The number of nitrogens with one attached hydrogen (secondary N) is 1. The lowest BCUT2D eigenvalue weighted by Gasteiger charge is -2.18. The predicted octanol–water partition coefficient (Wildman–Crippen LogP) is 5.85. The van der Waals surface area contributed by atoms with Crippen LogP contribution >= 0.6 is 0 Å². The molecule has 126 valence electrons. The fourth-order valence-corrected chi connectivity index (χ4v) is 3.44. The Morgan fingerprint density at radius 3 is 2.38 bits per heavy atom. The fourth-order valence-electron chi connectivity index (χ4n) is 3.44. The second-order valence-corrected chi connectivity index (χ2v) is 6.81. The normalized spacial score (nSPS) is 12.8. The molecule has 2 aromatic carbocycles. The summed E-state index contributed by atoms with van der Waals surface area (Å²) in [6.45, 7) is 7.64. The molecule has 1 aromatic heterocycles. The van der Waals surface area contributed by atoms with Crippen LogP contribution in [0.15, 0.2) is 60.8 Å². The van der Waals surface area contributed by atoms with Crippen LogP contribution in [-0.2, 0) is 6.54 Å². The monoisotopic (exact) mass is 320 g/mol. The number of hydrogen-bond donors (Lipinski definition) is 1. The van der Waals surface area contributed by atoms with Gasteiger partial charge in [0.15, 0.2) is 0 Å². The number of fused-ring (bicyclic) bond motifs is 1. The maximum atomic E-state index is 3.78. The third-order valence-electron chi connectivity index (χ3n) is 4.70. The third-order valence-corrected chi connectivity index (χ3v) is 4.70. The highest BCUT2D eigenvalue weighted by Crippen LogP contribution is 2.26. The first-order valence-electron chi connectivity index (χ1n) is 9.07. The van der Waals surface area contributed by atoms with Crippen LogP contribution in [0.3, 0.4) is 0 Å². The highest BCUT2D eigenvalue weighted by molar-refractivity contribution is 5.84. The molecule has 0 radical (unpaired) electrons. The molecule has 1 atom stereocenters. The molecule has 0 unspecified atom stereocenters. The zero-order valence-electron chi connectivity index (χ0n) is 15.0. The molecule has 0 spiro atoms. The fraction of sp³-hybridized carbons (Fsp3) is 0.364. The summed E-state index contributed by atoms with van der Waals surface area (Å²) in [5.74, 6) is 0. The molecule has 0 aliphatic heterocycles. The number of aromatic nitrogens is 1. The number of benzene rings is 2. The molecule has 3 rings (SSSR count). The summed E-state index contributed by atoms with van der Waals surface area (Å²) in [4.78, 5) is 0. The second-order valence-electron chi connectivity index (χ2n) is 6.81. The molecule has 0 saturated heterocycles. The maximum absolute atomic E-state index is 3.78. The maximum Gasteiger partial charge on any atom is 0.0486 e. The molecular weight excluding hydrogens is 292 g/mol. The first-order valence-corrected chi connectivity index (χ1v) is 9.07. The summed E-state index contributed by atoms with van der Waals surface area (Å²) in [7, 11) is 0. The van der Waals surface area contributed by atoms with Gasteiger partial charge in [-0.3, -0.25) is 0 Å². The summed E-state index contributed by atoms with van der Waals surface area (Å²) in [5, 5.41) is 5.15. The van der Waals surface area contributed by atoms with Gasteiger partial charge >= 0.3 is 0 Å². The third kappa shape index (κ3) is 3.54. The molecular formula is C22H28N2. The lowest BCUT2D eigenvalue weighted by molar-refractivity contribution is 0.493. The van der Waals surface area contributed by atoms with Crippen molar-refractivity contribution in [2.75, 3.05) is 0 Å². The summed E-state index contributed by atoms with van der Waals surface area (Å²) >= 11 is 0. The Labute approximate surface area is 145 Å². The largest absolute Gasteiger partial charge is 0.345 e. The van der Waals surface area contributed by atoms with Crippen LogP contribution in [0, 0.1) is 0 Å². The van der Waals surface area contributed by atoms with E-state index in [-0.39, 0.29) is 0 Å². The Hall–Kier alpha value is -2.06. The van der Waals surface area contributed by atoms with Crippen LogP contribution in [-0.4, -0.2) is 4.57 Å². The van der Waals surface area contributed by atoms with E-state index in [4.69, 9.17) is 0 Å². The molecule has 0 aliphatic carbocycles. The van der Waals surface area contributed by atoms with E-state index in [1.807, 2.05) is 0 Å². The van der Waals surface area contributed by atoms with Crippen molar-refractivity contribution >= 4 is 10.9 Å². The average molecular weight is 320 g/mol. The molecule has 0 saturated carbocycles. The highest BCUT2D eigenvalue weighted by atomic mass is 15.0. The van der Waals surface area contributed by atoms with Gasteiger partial charge in [-0.1, -0.05) is 61.9 Å². The average Bonchev–Trinajstić information content (AvgIpc) is 2.98. The minimum absolute atomic E-state index is 0.414. The molecule has 0 fully saturated rings. The van der Waals surface area contributed by atoms with E-state index in [1.165, 1.54) is 28.5 Å². The number of hydrogen-bond acceptors (Lipinski definition) is 1. The van der Waals surface area contributed by atoms with Crippen LogP contribution < -0.4 is 5.32 Å². The summed E-state index contributed by atoms with van der Waals surface area (Å²) in [6.07, 6.45) is 4.66. The number of nitrogens with zero attached hydrogens (tertiary/aromatic N) is 1. The van der Waals surface area contributed by atoms with Gasteiger partial charge in [-0.25, -0.2) is 0 Å². The number of para-hydroxylation sites is 1. The quantitative estimate of drug-likeness (QED) is 0.577. The topological polar surface area (TPSA) is 17.0 Å². The molecule has 0 aliphatic rings. The Balaban J connectivity index is 1.84. The van der Waals surface area contributed by atoms with Gasteiger partial charge in [-0.15, -0.1) is 0 Å². The van der Waals surface area contributed by atoms with Crippen molar-refractivity contribution in [2.24, 2.45) is 0 Å². The van der Waals surface area contributed by atoms with Gasteiger partial charge < -0.3 is 9.88 Å². The smallest absolute Gasteiger partial charge is 0.0486 e. The van der Waals surface area contributed by atoms with Crippen molar-refractivity contribution in [3.63, 3.8) is 0 Å². The molecule has 0 bridgehead atoms. The molecule has 3 aromatic rings. The van der Waals surface area contributed by atoms with Gasteiger partial charge in [0.25, 0.3) is 0 Å². The van der Waals surface area contributed by atoms with Crippen LogP contribution in [0.5, 0.6) is 0 Å². The van der Waals surface area contributed by atoms with Crippen molar-refractivity contribution in [1.29, 1.82) is 0 Å². The van der Waals surface area contributed by atoms with E-state index in [2.05, 4.69) is 91.4 Å². The lowest BCUT2D eigenvalue weighted by atomic mass is 10.0. The van der Waals surface area contributed by atoms with Crippen LogP contribution in [0.1, 0.15) is 56.8 Å². The van der Waals surface area contributed by atoms with E-state index < -0.39 is 0 Å². The van der Waals surface area contributed by atoms with Gasteiger partial charge in [-0.2, -0.15) is 0 Å². The van der Waals surface area contributed by atoms with Crippen molar-refractivity contribution in [1.82, 2.24) is 9.88 Å². The molecule has 1 heterocycles. The molecule has 2 heteroatoms. The van der Waals surface area contributed by atoms with E-state index in [9.17, 15) is 0 Å². The Bertz CT molecular complexity index is 771. The van der Waals surface area contributed by atoms with Gasteiger partial charge in [-0.05, 0) is 37.5 Å². The van der Waals surface area contributed by atoms with Crippen molar-refractivity contribution in [3.8, 4) is 0 Å². The zero-order valence-corrected chi connectivity index (χ0v) is 15.0. The molecule has 1 N–H and O–H groups in total. The molecule has 0 amide bonds. The molecule has 2 nitrogen and oxygen atoms in total. The van der Waals surface area contributed by atoms with E-state index >= 15 is 0 Å². The van der Waals surface area contributed by atoms with Gasteiger partial charge in [0.05, 0.1) is 0 Å². The van der Waals surface area contributed by atoms with E-state index in [0.29, 0.717) is 12.1 Å². The summed E-state index contributed by atoms with van der Waals surface area (Å²) in [5.41, 5.74) is 4.10. The lowest BCUT2D eigenvalue weighted by Crippen LogP contribution is -2.20. The van der Waals surface area contributed by atoms with Crippen molar-refractivity contribution in [2.45, 2.75) is 52.2 Å². The Kier molecular flexibility index (Phi) is 5.37. The molecule has 24 heavy (non-hydrogen) atoms. The predicted molar refractivity (Wildman–Crippen MR) is 103 cm³/mol. The summed E-state index contributed by atoms with van der Waals surface area (Å²) < 4.78 is 2.38. The van der Waals surface area contributed by atoms with Crippen molar-refractivity contribution in [3.05, 3.63) is 71.9 Å². The van der Waals surface area contributed by atoms with Gasteiger partial charge in [0, 0.05) is 35.7 Å². The van der Waals surface area contributed by atoms with Crippen LogP contribution in [0.25, 0.3) is 10.9 Å². The standard InChI is InChI=1S/C22H28N2/c1-4-10-21(18-11-6-5-7-12-18)23-15-19-16-24(17(2)3)22-14-9-8-13-20(19)22/h5-9,11-14,16-17,21,23H,4,10,15H2,1-3H3/t21-/m1/s1. The van der Waals surface area contributed by atoms with Gasteiger partial charge in [0.1, 0.15) is 0 Å². The van der Waals surface area contributed by atoms with Crippen LogP contribution in [0.4, 0.5) is 0 Å². The SMILES string of the molecule is CCC[C@@H](NCc1cn(C(C)C)c2ccccc12)c1ccccc1. The zero-order chi connectivity index (χ0) is 16.9. The first-order chi connectivity index (χ1) is 11.7. The second kappa shape index (κ2) is 7.67. The van der Waals surface area contributed by atoms with E-state index in [1.54, 1.807) is 0 Å². The minimum Gasteiger partial charge on any atom is -0.345 e. The van der Waals surface area contributed by atoms with E-state index in [0.717, 1.165) is 13.0 Å². The van der Waals surface area contributed by atoms with Gasteiger partial charge in [0.2, 0.25) is 0 Å². The first kappa shape index (κ1) is 16.8. The Morgan fingerprint density at radius 2 is 1.67 bits per heavy atom. The minimum atomic E-state index is 0.414. The van der Waals surface area contributed by atoms with Crippen molar-refractivity contribution < 1.29 is 0 Å². The van der Waals surface area contributed by atoms with Crippen LogP contribution in [0.2, 0.25) is 0 Å². The Morgan fingerprint density at radius 1 is 0.958 bits per heavy atom.